The van der Waals surface area contributed by atoms with Gasteiger partial charge in [-0.15, -0.1) is 0 Å². The molecule has 0 bridgehead atoms. The number of hydrogen-bond acceptors (Lipinski definition) is 3. The lowest BCUT2D eigenvalue weighted by molar-refractivity contribution is -0.136. The molecule has 0 spiro atoms. The van der Waals surface area contributed by atoms with E-state index < -0.39 is 5.97 Å². The normalized spacial score (nSPS) is 11.9. The van der Waals surface area contributed by atoms with Gasteiger partial charge in [-0.1, -0.05) is 79.7 Å². The highest BCUT2D eigenvalue weighted by Crippen LogP contribution is 2.33. The van der Waals surface area contributed by atoms with Gasteiger partial charge < -0.3 is 10.4 Å². The quantitative estimate of drug-likeness (QED) is 0.325. The molecular formula is C25H27NO2S. The number of aliphatic carboxylic acids is 1. The van der Waals surface area contributed by atoms with Crippen molar-refractivity contribution in [2.75, 3.05) is 6.54 Å². The fourth-order valence-electron chi connectivity index (χ4n) is 3.41. The molecule has 0 saturated heterocycles. The summed E-state index contributed by atoms with van der Waals surface area (Å²) in [5, 5.41) is 11.9. The summed E-state index contributed by atoms with van der Waals surface area (Å²) < 4.78 is 0. The Morgan fingerprint density at radius 2 is 1.69 bits per heavy atom. The maximum absolute atomic E-state index is 10.6. The molecule has 4 heteroatoms. The molecule has 0 heterocycles. The van der Waals surface area contributed by atoms with Crippen molar-refractivity contribution >= 4 is 18.6 Å². The highest BCUT2D eigenvalue weighted by atomic mass is 32.1. The molecule has 29 heavy (non-hydrogen) atoms. The second kappa shape index (κ2) is 10.3. The lowest BCUT2D eigenvalue weighted by Crippen LogP contribution is -2.17. The van der Waals surface area contributed by atoms with Crippen LogP contribution in [0.5, 0.6) is 0 Å². The fraction of sp³-hybridized carbons (Fsp3) is 0.240. The third-order valence-electron chi connectivity index (χ3n) is 5.05. The Kier molecular flexibility index (Phi) is 7.50. The number of nitrogens with one attached hydrogen (secondary N) is 1. The van der Waals surface area contributed by atoms with Crippen molar-refractivity contribution in [1.29, 1.82) is 0 Å². The number of carbonyl (C=O) groups is 1. The Morgan fingerprint density at radius 1 is 1.00 bits per heavy atom. The second-order valence-electron chi connectivity index (χ2n) is 7.10. The summed E-state index contributed by atoms with van der Waals surface area (Å²) in [4.78, 5) is 10.6. The Hall–Kier alpha value is -2.56. The predicted octanol–water partition coefficient (Wildman–Crippen LogP) is 5.50. The van der Waals surface area contributed by atoms with Gasteiger partial charge in [-0.2, -0.15) is 12.6 Å². The summed E-state index contributed by atoms with van der Waals surface area (Å²) in [5.74, 6) is -0.782. The van der Waals surface area contributed by atoms with Crippen molar-refractivity contribution in [2.24, 2.45) is 0 Å². The van der Waals surface area contributed by atoms with E-state index in [1.165, 1.54) is 22.3 Å². The highest BCUT2D eigenvalue weighted by Gasteiger charge is 2.12. The van der Waals surface area contributed by atoms with Crippen LogP contribution in [0.2, 0.25) is 0 Å². The molecule has 1 atom stereocenters. The first-order chi connectivity index (χ1) is 14.1. The lowest BCUT2D eigenvalue weighted by atomic mass is 9.93. The standard InChI is InChI=1S/C25H27NO2S/c1-2-19-16-22(12-13-23(19)20-6-4-3-5-7-20)25(29)21-10-8-18(9-11-21)17-26-15-14-24(27)28/h3-13,16,25-26,29H,2,14-15,17H2,1H3,(H,27,28). The van der Waals surface area contributed by atoms with E-state index in [2.05, 4.69) is 79.0 Å². The van der Waals surface area contributed by atoms with Crippen LogP contribution in [-0.2, 0) is 17.8 Å². The number of aryl methyl sites for hydroxylation is 1. The van der Waals surface area contributed by atoms with E-state index in [1.54, 1.807) is 0 Å². The zero-order valence-electron chi connectivity index (χ0n) is 16.6. The van der Waals surface area contributed by atoms with Crippen LogP contribution in [-0.4, -0.2) is 17.6 Å². The largest absolute Gasteiger partial charge is 0.481 e. The molecule has 0 aromatic heterocycles. The molecule has 3 aromatic rings. The monoisotopic (exact) mass is 405 g/mol. The van der Waals surface area contributed by atoms with Gasteiger partial charge in [-0.05, 0) is 39.8 Å². The fourth-order valence-corrected chi connectivity index (χ4v) is 3.75. The first kappa shape index (κ1) is 21.2. The molecule has 3 rings (SSSR count). The first-order valence-electron chi connectivity index (χ1n) is 9.96. The Labute approximate surface area is 178 Å². The lowest BCUT2D eigenvalue weighted by Gasteiger charge is -2.16. The first-order valence-corrected chi connectivity index (χ1v) is 10.5. The van der Waals surface area contributed by atoms with Gasteiger partial charge in [0.1, 0.15) is 0 Å². The molecule has 150 valence electrons. The summed E-state index contributed by atoms with van der Waals surface area (Å²) in [7, 11) is 0. The van der Waals surface area contributed by atoms with Gasteiger partial charge in [0.25, 0.3) is 0 Å². The Bertz CT molecular complexity index is 939. The molecular weight excluding hydrogens is 378 g/mol. The van der Waals surface area contributed by atoms with Crippen LogP contribution in [0.1, 0.15) is 40.8 Å². The minimum atomic E-state index is -0.782. The van der Waals surface area contributed by atoms with Crippen molar-refractivity contribution in [2.45, 2.75) is 31.6 Å². The Morgan fingerprint density at radius 3 is 2.34 bits per heavy atom. The van der Waals surface area contributed by atoms with Crippen LogP contribution in [0.15, 0.2) is 72.8 Å². The molecule has 0 aliphatic heterocycles. The SMILES string of the molecule is CCc1cc(C(S)c2ccc(CNCCC(=O)O)cc2)ccc1-c1ccccc1. The van der Waals surface area contributed by atoms with Gasteiger partial charge >= 0.3 is 5.97 Å². The van der Waals surface area contributed by atoms with E-state index in [-0.39, 0.29) is 11.7 Å². The topological polar surface area (TPSA) is 49.3 Å². The van der Waals surface area contributed by atoms with Crippen molar-refractivity contribution in [1.82, 2.24) is 5.32 Å². The summed E-state index contributed by atoms with van der Waals surface area (Å²) >= 11 is 4.88. The van der Waals surface area contributed by atoms with Gasteiger partial charge in [0.2, 0.25) is 0 Å². The van der Waals surface area contributed by atoms with Crippen LogP contribution in [0.4, 0.5) is 0 Å². The molecule has 1 unspecified atom stereocenters. The molecule has 2 N–H and O–H groups in total. The predicted molar refractivity (Wildman–Crippen MR) is 122 cm³/mol. The van der Waals surface area contributed by atoms with Crippen LogP contribution in [0.3, 0.4) is 0 Å². The summed E-state index contributed by atoms with van der Waals surface area (Å²) in [6.45, 7) is 3.32. The van der Waals surface area contributed by atoms with E-state index in [0.717, 1.165) is 17.5 Å². The maximum atomic E-state index is 10.6. The number of benzene rings is 3. The minimum Gasteiger partial charge on any atom is -0.481 e. The molecule has 0 saturated carbocycles. The molecule has 3 nitrogen and oxygen atoms in total. The van der Waals surface area contributed by atoms with Gasteiger partial charge in [-0.3, -0.25) is 4.79 Å². The number of thiol groups is 1. The molecule has 0 amide bonds. The zero-order chi connectivity index (χ0) is 20.6. The second-order valence-corrected chi connectivity index (χ2v) is 7.62. The highest BCUT2D eigenvalue weighted by molar-refractivity contribution is 7.80. The van der Waals surface area contributed by atoms with Crippen molar-refractivity contribution in [3.05, 3.63) is 95.1 Å². The Balaban J connectivity index is 1.71. The van der Waals surface area contributed by atoms with Crippen molar-refractivity contribution < 1.29 is 9.90 Å². The van der Waals surface area contributed by atoms with E-state index in [9.17, 15) is 4.79 Å². The smallest absolute Gasteiger partial charge is 0.304 e. The van der Waals surface area contributed by atoms with Crippen molar-refractivity contribution in [3.8, 4) is 11.1 Å². The number of carboxylic acid groups (broad SMARTS) is 1. The third-order valence-corrected chi connectivity index (χ3v) is 5.65. The number of carboxylic acids is 1. The van der Waals surface area contributed by atoms with E-state index in [1.807, 2.05) is 6.07 Å². The van der Waals surface area contributed by atoms with Crippen LogP contribution >= 0.6 is 12.6 Å². The molecule has 0 fully saturated rings. The molecule has 0 aliphatic carbocycles. The van der Waals surface area contributed by atoms with Gasteiger partial charge in [0.15, 0.2) is 0 Å². The van der Waals surface area contributed by atoms with Gasteiger partial charge in [-0.25, -0.2) is 0 Å². The number of hydrogen-bond donors (Lipinski definition) is 3. The summed E-state index contributed by atoms with van der Waals surface area (Å²) in [6.07, 6.45) is 1.11. The van der Waals surface area contributed by atoms with Crippen molar-refractivity contribution in [3.63, 3.8) is 0 Å². The van der Waals surface area contributed by atoms with E-state index >= 15 is 0 Å². The third kappa shape index (κ3) is 5.72. The summed E-state index contributed by atoms with van der Waals surface area (Å²) in [5.41, 5.74) is 7.32. The molecule has 0 radical (unpaired) electrons. The van der Waals surface area contributed by atoms with Crippen LogP contribution in [0, 0.1) is 0 Å². The van der Waals surface area contributed by atoms with E-state index in [4.69, 9.17) is 17.7 Å². The zero-order valence-corrected chi connectivity index (χ0v) is 17.5. The van der Waals surface area contributed by atoms with E-state index in [0.29, 0.717) is 13.1 Å². The maximum Gasteiger partial charge on any atom is 0.304 e. The van der Waals surface area contributed by atoms with Gasteiger partial charge in [0, 0.05) is 13.1 Å². The van der Waals surface area contributed by atoms with Crippen LogP contribution < -0.4 is 5.32 Å². The number of rotatable bonds is 9. The molecule has 0 aliphatic rings. The average molecular weight is 406 g/mol. The van der Waals surface area contributed by atoms with Crippen LogP contribution in [0.25, 0.3) is 11.1 Å². The minimum absolute atomic E-state index is 0.0131. The van der Waals surface area contributed by atoms with Gasteiger partial charge in [0.05, 0.1) is 11.7 Å². The summed E-state index contributed by atoms with van der Waals surface area (Å²) in [6, 6.07) is 25.5. The average Bonchev–Trinajstić information content (AvgIpc) is 2.76. The molecule has 3 aromatic carbocycles.